The number of ether oxygens (including phenoxy) is 1. The van der Waals surface area contributed by atoms with E-state index in [1.165, 1.54) is 18.2 Å². The van der Waals surface area contributed by atoms with E-state index in [2.05, 4.69) is 16.0 Å². The monoisotopic (exact) mass is 399 g/mol. The molecule has 3 N–H and O–H groups in total. The zero-order chi connectivity index (χ0) is 19.9. The van der Waals surface area contributed by atoms with Crippen LogP contribution in [0, 0.1) is 5.82 Å². The fourth-order valence-corrected chi connectivity index (χ4v) is 3.18. The Bertz CT molecular complexity index is 976. The molecule has 1 heterocycles. The summed E-state index contributed by atoms with van der Waals surface area (Å²) in [5.41, 5.74) is 1.03. The number of amides is 3. The maximum atomic E-state index is 13.4. The van der Waals surface area contributed by atoms with Gasteiger partial charge in [-0.3, -0.25) is 10.1 Å². The third kappa shape index (κ3) is 5.08. The second kappa shape index (κ2) is 9.01. The molecule has 0 bridgehead atoms. The van der Waals surface area contributed by atoms with Gasteiger partial charge in [0.05, 0.1) is 22.2 Å². The molecule has 0 aliphatic carbocycles. The molecule has 8 heteroatoms. The number of anilines is 3. The van der Waals surface area contributed by atoms with Crippen molar-refractivity contribution in [1.82, 2.24) is 0 Å². The van der Waals surface area contributed by atoms with E-state index in [1.807, 2.05) is 18.2 Å². The molecule has 144 valence electrons. The molecule has 6 nitrogen and oxygen atoms in total. The number of halogens is 1. The molecule has 2 aromatic carbocycles. The van der Waals surface area contributed by atoms with Gasteiger partial charge in [-0.1, -0.05) is 18.2 Å². The number of thiophene rings is 1. The van der Waals surface area contributed by atoms with Crippen molar-refractivity contribution in [3.05, 3.63) is 71.4 Å². The zero-order valence-electron chi connectivity index (χ0n) is 15.0. The average Bonchev–Trinajstić information content (AvgIpc) is 3.13. The third-order valence-electron chi connectivity index (χ3n) is 3.59. The van der Waals surface area contributed by atoms with Crippen molar-refractivity contribution >= 4 is 39.7 Å². The van der Waals surface area contributed by atoms with E-state index in [0.717, 1.165) is 11.3 Å². The second-order valence-corrected chi connectivity index (χ2v) is 6.72. The van der Waals surface area contributed by atoms with Crippen LogP contribution >= 0.6 is 11.3 Å². The lowest BCUT2D eigenvalue weighted by molar-refractivity contribution is 0.103. The van der Waals surface area contributed by atoms with Crippen LogP contribution in [0.2, 0.25) is 0 Å². The standard InChI is InChI=1S/C20H18FN3O3S/c1-2-27-16-12-13(21)8-9-15(16)23-19(25)17-10-11-18(28-17)24-20(26)22-14-6-4-3-5-7-14/h3-12H,2H2,1H3,(H,23,25)(H2,22,24,26). The highest BCUT2D eigenvalue weighted by atomic mass is 32.1. The highest BCUT2D eigenvalue weighted by Crippen LogP contribution is 2.28. The van der Waals surface area contributed by atoms with Crippen molar-refractivity contribution in [1.29, 1.82) is 0 Å². The van der Waals surface area contributed by atoms with Gasteiger partial charge in [0, 0.05) is 11.8 Å². The molecule has 28 heavy (non-hydrogen) atoms. The Morgan fingerprint density at radius 3 is 2.54 bits per heavy atom. The van der Waals surface area contributed by atoms with Crippen molar-refractivity contribution in [2.75, 3.05) is 22.6 Å². The molecular formula is C20H18FN3O3S. The lowest BCUT2D eigenvalue weighted by Gasteiger charge is -2.11. The van der Waals surface area contributed by atoms with Gasteiger partial charge < -0.3 is 15.4 Å². The van der Waals surface area contributed by atoms with E-state index in [0.29, 0.717) is 27.9 Å². The molecule has 0 fully saturated rings. The Balaban J connectivity index is 1.63. The lowest BCUT2D eigenvalue weighted by Crippen LogP contribution is -2.18. The summed E-state index contributed by atoms with van der Waals surface area (Å²) in [4.78, 5) is 24.9. The largest absolute Gasteiger partial charge is 0.492 e. The van der Waals surface area contributed by atoms with Gasteiger partial charge in [0.25, 0.3) is 5.91 Å². The van der Waals surface area contributed by atoms with Crippen LogP contribution in [0.15, 0.2) is 60.7 Å². The highest BCUT2D eigenvalue weighted by molar-refractivity contribution is 7.18. The Morgan fingerprint density at radius 1 is 1.00 bits per heavy atom. The molecule has 0 radical (unpaired) electrons. The van der Waals surface area contributed by atoms with Crippen LogP contribution in [-0.2, 0) is 0 Å². The topological polar surface area (TPSA) is 79.5 Å². The molecule has 3 aromatic rings. The number of benzene rings is 2. The number of hydrogen-bond donors (Lipinski definition) is 3. The second-order valence-electron chi connectivity index (χ2n) is 5.64. The van der Waals surface area contributed by atoms with Crippen molar-refractivity contribution in [2.45, 2.75) is 6.92 Å². The number of carbonyl (C=O) groups excluding carboxylic acids is 2. The molecule has 0 atom stereocenters. The molecule has 3 amide bonds. The summed E-state index contributed by atoms with van der Waals surface area (Å²) in [5.74, 6) is -0.574. The normalized spacial score (nSPS) is 10.2. The molecule has 0 aliphatic heterocycles. The van der Waals surface area contributed by atoms with Crippen LogP contribution in [0.4, 0.5) is 25.6 Å². The van der Waals surface area contributed by atoms with Crippen LogP contribution in [0.1, 0.15) is 16.6 Å². The molecule has 0 saturated heterocycles. The van der Waals surface area contributed by atoms with Gasteiger partial charge >= 0.3 is 6.03 Å². The number of carbonyl (C=O) groups is 2. The summed E-state index contributed by atoms with van der Waals surface area (Å²) in [6.07, 6.45) is 0. The summed E-state index contributed by atoms with van der Waals surface area (Å²) in [6.45, 7) is 2.12. The first-order valence-electron chi connectivity index (χ1n) is 8.51. The predicted octanol–water partition coefficient (Wildman–Crippen LogP) is 5.18. The number of para-hydroxylation sites is 1. The van der Waals surface area contributed by atoms with E-state index in [1.54, 1.807) is 31.2 Å². The molecule has 0 unspecified atom stereocenters. The van der Waals surface area contributed by atoms with E-state index in [4.69, 9.17) is 4.74 Å². The fourth-order valence-electron chi connectivity index (χ4n) is 2.38. The molecule has 0 spiro atoms. The number of nitrogens with one attached hydrogen (secondary N) is 3. The average molecular weight is 399 g/mol. The van der Waals surface area contributed by atoms with Gasteiger partial charge in [-0.2, -0.15) is 0 Å². The van der Waals surface area contributed by atoms with Gasteiger partial charge in [0.2, 0.25) is 0 Å². The maximum Gasteiger partial charge on any atom is 0.324 e. The lowest BCUT2D eigenvalue weighted by atomic mass is 10.2. The summed E-state index contributed by atoms with van der Waals surface area (Å²) in [6, 6.07) is 15.8. The van der Waals surface area contributed by atoms with Crippen molar-refractivity contribution in [2.24, 2.45) is 0 Å². The Labute approximate surface area is 165 Å². The molecule has 1 aromatic heterocycles. The highest BCUT2D eigenvalue weighted by Gasteiger charge is 2.14. The quantitative estimate of drug-likeness (QED) is 0.534. The molecule has 0 saturated carbocycles. The Morgan fingerprint density at radius 2 is 1.79 bits per heavy atom. The van der Waals surface area contributed by atoms with Crippen LogP contribution in [0.3, 0.4) is 0 Å². The number of hydrogen-bond acceptors (Lipinski definition) is 4. The van der Waals surface area contributed by atoms with Crippen molar-refractivity contribution in [3.8, 4) is 5.75 Å². The minimum Gasteiger partial charge on any atom is -0.492 e. The predicted molar refractivity (Wildman–Crippen MR) is 109 cm³/mol. The minimum atomic E-state index is -0.450. The maximum absolute atomic E-state index is 13.4. The number of rotatable bonds is 6. The van der Waals surface area contributed by atoms with Gasteiger partial charge in [-0.15, -0.1) is 11.3 Å². The van der Waals surface area contributed by atoms with Crippen LogP contribution in [0.25, 0.3) is 0 Å². The van der Waals surface area contributed by atoms with E-state index in [-0.39, 0.29) is 11.7 Å². The van der Waals surface area contributed by atoms with Gasteiger partial charge in [0.1, 0.15) is 11.6 Å². The minimum absolute atomic E-state index is 0.257. The van der Waals surface area contributed by atoms with Crippen LogP contribution in [-0.4, -0.2) is 18.5 Å². The molecular weight excluding hydrogens is 381 g/mol. The SMILES string of the molecule is CCOc1cc(F)ccc1NC(=O)c1ccc(NC(=O)Nc2ccccc2)s1. The number of urea groups is 1. The Hall–Kier alpha value is -3.39. The Kier molecular flexibility index (Phi) is 6.23. The summed E-state index contributed by atoms with van der Waals surface area (Å²) in [7, 11) is 0. The smallest absolute Gasteiger partial charge is 0.324 e. The fraction of sp³-hybridized carbons (Fsp3) is 0.100. The first kappa shape index (κ1) is 19.4. The summed E-state index contributed by atoms with van der Waals surface area (Å²) >= 11 is 1.12. The summed E-state index contributed by atoms with van der Waals surface area (Å²) < 4.78 is 18.7. The summed E-state index contributed by atoms with van der Waals surface area (Å²) in [5, 5.41) is 8.60. The van der Waals surface area contributed by atoms with Gasteiger partial charge in [-0.05, 0) is 43.3 Å². The van der Waals surface area contributed by atoms with E-state index in [9.17, 15) is 14.0 Å². The molecule has 0 aliphatic rings. The van der Waals surface area contributed by atoms with Crippen LogP contribution in [0.5, 0.6) is 5.75 Å². The van der Waals surface area contributed by atoms with Gasteiger partial charge in [-0.25, -0.2) is 9.18 Å². The zero-order valence-corrected chi connectivity index (χ0v) is 15.8. The van der Waals surface area contributed by atoms with Crippen molar-refractivity contribution < 1.29 is 18.7 Å². The first-order chi connectivity index (χ1) is 13.5. The molecule has 3 rings (SSSR count). The third-order valence-corrected chi connectivity index (χ3v) is 4.59. The van der Waals surface area contributed by atoms with E-state index < -0.39 is 11.8 Å². The van der Waals surface area contributed by atoms with Gasteiger partial charge in [0.15, 0.2) is 0 Å². The van der Waals surface area contributed by atoms with Crippen LogP contribution < -0.4 is 20.7 Å². The van der Waals surface area contributed by atoms with Crippen molar-refractivity contribution in [3.63, 3.8) is 0 Å². The first-order valence-corrected chi connectivity index (χ1v) is 9.33. The van der Waals surface area contributed by atoms with E-state index >= 15 is 0 Å².